The van der Waals surface area contributed by atoms with E-state index in [0.29, 0.717) is 18.4 Å². The van der Waals surface area contributed by atoms with Gasteiger partial charge in [0.05, 0.1) is 12.5 Å². The molecule has 0 saturated carbocycles. The minimum atomic E-state index is -3.38. The van der Waals surface area contributed by atoms with E-state index in [4.69, 9.17) is 4.74 Å². The van der Waals surface area contributed by atoms with Crippen LogP contribution in [0.25, 0.3) is 0 Å². The van der Waals surface area contributed by atoms with E-state index < -0.39 is 23.6 Å². The molecule has 0 aliphatic carbocycles. The second-order valence-electron chi connectivity index (χ2n) is 10.3. The van der Waals surface area contributed by atoms with Crippen molar-refractivity contribution in [2.24, 2.45) is 17.8 Å². The van der Waals surface area contributed by atoms with E-state index in [1.807, 2.05) is 13.8 Å². The highest BCUT2D eigenvalue weighted by Gasteiger charge is 2.38. The molecule has 2 nitrogen and oxygen atoms in total. The molecule has 0 heterocycles. The summed E-state index contributed by atoms with van der Waals surface area (Å²) in [6.45, 7) is 34.2. The number of rotatable bonds is 18. The van der Waals surface area contributed by atoms with Crippen LogP contribution in [-0.4, -0.2) is 12.7 Å². The van der Waals surface area contributed by atoms with Crippen LogP contribution in [0.1, 0.15) is 120 Å². The molecule has 0 saturated heterocycles. The van der Waals surface area contributed by atoms with Crippen molar-refractivity contribution in [1.82, 2.24) is 0 Å². The van der Waals surface area contributed by atoms with Crippen LogP contribution in [0.4, 0.5) is 17.6 Å². The van der Waals surface area contributed by atoms with E-state index >= 15 is 0 Å². The first kappa shape index (κ1) is 45.7. The monoisotopic (exact) mass is 590 g/mol. The predicted molar refractivity (Wildman–Crippen MR) is 172 cm³/mol. The van der Waals surface area contributed by atoms with Gasteiger partial charge >= 0.3 is 6.11 Å². The van der Waals surface area contributed by atoms with Crippen molar-refractivity contribution in [2.45, 2.75) is 126 Å². The summed E-state index contributed by atoms with van der Waals surface area (Å²) in [5.74, 6) is -1.52. The zero-order valence-electron chi connectivity index (χ0n) is 27.8. The lowest BCUT2D eigenvalue weighted by Gasteiger charge is -2.24. The Morgan fingerprint density at radius 3 is 1.71 bits per heavy atom. The molecule has 0 aromatic heterocycles. The molecule has 0 aromatic carbocycles. The number of ether oxygens (including phenoxy) is 2. The fraction of sp³-hybridized carbons (Fsp3) is 0.657. The lowest BCUT2D eigenvalue weighted by Crippen LogP contribution is -2.29. The third-order valence-corrected chi connectivity index (χ3v) is 5.97. The van der Waals surface area contributed by atoms with Crippen molar-refractivity contribution in [3.05, 3.63) is 73.8 Å². The third-order valence-electron chi connectivity index (χ3n) is 5.97. The molecular weight excluding hydrogens is 528 g/mol. The average molecular weight is 591 g/mol. The average Bonchev–Trinajstić information content (AvgIpc) is 2.92. The van der Waals surface area contributed by atoms with E-state index in [-0.39, 0.29) is 24.1 Å². The summed E-state index contributed by atoms with van der Waals surface area (Å²) in [7, 11) is 0. The Morgan fingerprint density at radius 2 is 1.32 bits per heavy atom. The third kappa shape index (κ3) is 27.7. The molecule has 0 bridgehead atoms. The molecule has 2 atom stereocenters. The Balaban J connectivity index is -0.000000284. The van der Waals surface area contributed by atoms with Crippen LogP contribution < -0.4 is 0 Å². The first-order chi connectivity index (χ1) is 19.1. The maximum absolute atomic E-state index is 13.8. The largest absolute Gasteiger partial charge is 0.491 e. The van der Waals surface area contributed by atoms with Gasteiger partial charge in [-0.3, -0.25) is 0 Å². The number of allylic oxidation sites excluding steroid dienone is 5. The molecule has 0 fully saturated rings. The SMILES string of the molecule is C=C.C=C(/C(F)=C\C)C(C)CCC.C=C(/C=C(/F)C(=C)OCC)OC(F)(F)C(C)CCCCC.CCCCC(C)C. The highest BCUT2D eigenvalue weighted by Crippen LogP contribution is 2.32. The molecule has 0 amide bonds. The van der Waals surface area contributed by atoms with Crippen molar-refractivity contribution in [3.8, 4) is 0 Å². The van der Waals surface area contributed by atoms with Crippen LogP contribution in [0.5, 0.6) is 0 Å². The quantitative estimate of drug-likeness (QED) is 0.0520. The number of hydrogen-bond donors (Lipinski definition) is 0. The lowest BCUT2D eigenvalue weighted by molar-refractivity contribution is -0.244. The van der Waals surface area contributed by atoms with E-state index in [9.17, 15) is 17.6 Å². The van der Waals surface area contributed by atoms with Crippen molar-refractivity contribution < 1.29 is 27.0 Å². The van der Waals surface area contributed by atoms with Crippen molar-refractivity contribution in [3.63, 3.8) is 0 Å². The summed E-state index contributed by atoms with van der Waals surface area (Å²) in [5.41, 5.74) is 0.634. The van der Waals surface area contributed by atoms with Crippen molar-refractivity contribution in [1.29, 1.82) is 0 Å². The van der Waals surface area contributed by atoms with Gasteiger partial charge in [0, 0.05) is 6.08 Å². The molecule has 2 unspecified atom stereocenters. The molecular formula is C35H62F4O2. The fourth-order valence-corrected chi connectivity index (χ4v) is 3.28. The Labute approximate surface area is 251 Å². The second-order valence-corrected chi connectivity index (χ2v) is 10.3. The zero-order chi connectivity index (χ0) is 33.0. The topological polar surface area (TPSA) is 18.5 Å². The molecule has 0 rings (SSSR count). The standard InChI is InChI=1S/C16H25F3O2.C10H17F.C7H16.C2H4/c1-6-8-9-10-12(3)16(18,19)21-13(4)11-15(17)14(5)20-7-2;1-5-7-8(3)9(4)10(11)6-2;1-4-5-6-7(2)3;1-2/h11-12H,4-10H2,1-3H3;6,8H,4-5,7H2,1-3H3;7H,4-6H2,1-3H3;1-2H2/b15-11+;10-6+;;. The highest BCUT2D eigenvalue weighted by atomic mass is 19.3. The van der Waals surface area contributed by atoms with Crippen LogP contribution in [0, 0.1) is 17.8 Å². The van der Waals surface area contributed by atoms with Crippen LogP contribution >= 0.6 is 0 Å². The summed E-state index contributed by atoms with van der Waals surface area (Å²) >= 11 is 0. The van der Waals surface area contributed by atoms with Crippen LogP contribution in [0.15, 0.2) is 73.8 Å². The zero-order valence-corrected chi connectivity index (χ0v) is 27.8. The van der Waals surface area contributed by atoms with Gasteiger partial charge in [0.25, 0.3) is 0 Å². The van der Waals surface area contributed by atoms with E-state index in [0.717, 1.165) is 37.7 Å². The molecule has 6 heteroatoms. The maximum Gasteiger partial charge on any atom is 0.400 e. The van der Waals surface area contributed by atoms with Gasteiger partial charge in [-0.1, -0.05) is 119 Å². The number of alkyl halides is 2. The second kappa shape index (κ2) is 29.3. The molecule has 0 aliphatic rings. The first-order valence-corrected chi connectivity index (χ1v) is 15.1. The molecule has 41 heavy (non-hydrogen) atoms. The Morgan fingerprint density at radius 1 is 0.780 bits per heavy atom. The Hall–Kier alpha value is -2.24. The molecule has 242 valence electrons. The normalized spacial score (nSPS) is 12.8. The summed E-state index contributed by atoms with van der Waals surface area (Å²) < 4.78 is 63.3. The van der Waals surface area contributed by atoms with Gasteiger partial charge in [-0.05, 0) is 44.1 Å². The maximum atomic E-state index is 13.8. The Bertz CT molecular complexity index is 738. The minimum absolute atomic E-state index is 0.161. The Kier molecular flexibility index (Phi) is 32.6. The van der Waals surface area contributed by atoms with Crippen LogP contribution in [0.3, 0.4) is 0 Å². The number of halogens is 4. The summed E-state index contributed by atoms with van der Waals surface area (Å²) in [6, 6.07) is 0. The van der Waals surface area contributed by atoms with Crippen LogP contribution in [-0.2, 0) is 9.47 Å². The number of hydrogen-bond acceptors (Lipinski definition) is 2. The van der Waals surface area contributed by atoms with Gasteiger partial charge in [0.2, 0.25) is 0 Å². The molecule has 0 aliphatic heterocycles. The summed E-state index contributed by atoms with van der Waals surface area (Å²) in [5, 5.41) is 0. The van der Waals surface area contributed by atoms with E-state index in [1.165, 1.54) is 32.3 Å². The van der Waals surface area contributed by atoms with E-state index in [2.05, 4.69) is 65.3 Å². The molecule has 0 aromatic rings. The van der Waals surface area contributed by atoms with Crippen LogP contribution in [0.2, 0.25) is 0 Å². The van der Waals surface area contributed by atoms with Crippen molar-refractivity contribution in [2.75, 3.05) is 6.61 Å². The van der Waals surface area contributed by atoms with Gasteiger partial charge in [-0.2, -0.15) is 8.78 Å². The van der Waals surface area contributed by atoms with Crippen molar-refractivity contribution >= 4 is 0 Å². The fourth-order valence-electron chi connectivity index (χ4n) is 3.28. The minimum Gasteiger partial charge on any atom is -0.491 e. The smallest absolute Gasteiger partial charge is 0.400 e. The molecule has 0 radical (unpaired) electrons. The van der Waals surface area contributed by atoms with Gasteiger partial charge in [0.1, 0.15) is 17.3 Å². The van der Waals surface area contributed by atoms with Gasteiger partial charge in [-0.15, -0.1) is 13.2 Å². The lowest BCUT2D eigenvalue weighted by atomic mass is 9.97. The van der Waals surface area contributed by atoms with Gasteiger partial charge in [-0.25, -0.2) is 8.78 Å². The molecule has 0 spiro atoms. The first-order valence-electron chi connectivity index (χ1n) is 15.1. The van der Waals surface area contributed by atoms with E-state index in [1.54, 1.807) is 13.8 Å². The van der Waals surface area contributed by atoms with Gasteiger partial charge in [0.15, 0.2) is 5.83 Å². The van der Waals surface area contributed by atoms with Gasteiger partial charge < -0.3 is 9.47 Å². The summed E-state index contributed by atoms with van der Waals surface area (Å²) in [6.07, 6.45) is 7.97. The highest BCUT2D eigenvalue weighted by molar-refractivity contribution is 5.24. The number of unbranched alkanes of at least 4 members (excludes halogenated alkanes) is 3. The summed E-state index contributed by atoms with van der Waals surface area (Å²) in [4.78, 5) is 0. The predicted octanol–water partition coefficient (Wildman–Crippen LogP) is 13.2. The molecule has 0 N–H and O–H groups in total.